The molecule has 0 aromatic heterocycles. The van der Waals surface area contributed by atoms with E-state index in [1.165, 1.54) is 16.7 Å². The van der Waals surface area contributed by atoms with E-state index >= 15 is 0 Å². The molecule has 0 aliphatic carbocycles. The van der Waals surface area contributed by atoms with Crippen LogP contribution in [0.4, 0.5) is 0 Å². The zero-order valence-corrected chi connectivity index (χ0v) is 12.3. The fraction of sp³-hybridized carbons (Fsp3) is 0.529. The molecule has 1 aromatic rings. The minimum absolute atomic E-state index is 0.312. The van der Waals surface area contributed by atoms with Gasteiger partial charge in [0.1, 0.15) is 5.76 Å². The number of ether oxygens (including phenoxy) is 1. The van der Waals surface area contributed by atoms with Crippen molar-refractivity contribution in [3.8, 4) is 0 Å². The van der Waals surface area contributed by atoms with Crippen molar-refractivity contribution < 1.29 is 4.74 Å². The number of allylic oxidation sites excluding steroid dienone is 1. The molecule has 104 valence electrons. The summed E-state index contributed by atoms with van der Waals surface area (Å²) in [5.41, 5.74) is 4.10. The van der Waals surface area contributed by atoms with Crippen LogP contribution in [-0.2, 0) is 11.2 Å². The van der Waals surface area contributed by atoms with Gasteiger partial charge in [-0.1, -0.05) is 25.1 Å². The molecule has 2 nitrogen and oxygen atoms in total. The van der Waals surface area contributed by atoms with Crippen molar-refractivity contribution in [2.24, 2.45) is 0 Å². The average Bonchev–Trinajstić information content (AvgIpc) is 2.43. The maximum Gasteiger partial charge on any atom is 0.109 e. The van der Waals surface area contributed by atoms with E-state index in [-0.39, 0.29) is 0 Å². The predicted octanol–water partition coefficient (Wildman–Crippen LogP) is 3.52. The lowest BCUT2D eigenvalue weighted by molar-refractivity contribution is 0.167. The number of aryl methyl sites for hydroxylation is 2. The molecule has 0 spiro atoms. The van der Waals surface area contributed by atoms with Gasteiger partial charge in [0.05, 0.1) is 12.6 Å². The smallest absolute Gasteiger partial charge is 0.109 e. The highest BCUT2D eigenvalue weighted by molar-refractivity contribution is 5.31. The van der Waals surface area contributed by atoms with Crippen LogP contribution in [-0.4, -0.2) is 19.2 Å². The first kappa shape index (κ1) is 14.1. The van der Waals surface area contributed by atoms with Crippen LogP contribution in [0.5, 0.6) is 0 Å². The minimum atomic E-state index is 0.312. The van der Waals surface area contributed by atoms with Crippen molar-refractivity contribution >= 4 is 0 Å². The van der Waals surface area contributed by atoms with Crippen molar-refractivity contribution in [1.29, 1.82) is 0 Å². The summed E-state index contributed by atoms with van der Waals surface area (Å²) in [7, 11) is 0. The molecule has 0 bridgehead atoms. The zero-order valence-electron chi connectivity index (χ0n) is 12.3. The highest BCUT2D eigenvalue weighted by Gasteiger charge is 2.17. The zero-order chi connectivity index (χ0) is 13.7. The van der Waals surface area contributed by atoms with Gasteiger partial charge < -0.3 is 10.1 Å². The normalized spacial score (nSPS) is 16.7. The largest absolute Gasteiger partial charge is 0.497 e. The van der Waals surface area contributed by atoms with Crippen LogP contribution in [0.15, 0.2) is 30.0 Å². The molecule has 1 atom stereocenters. The van der Waals surface area contributed by atoms with Crippen molar-refractivity contribution in [2.45, 2.75) is 46.1 Å². The van der Waals surface area contributed by atoms with Gasteiger partial charge in [0.2, 0.25) is 0 Å². The molecule has 0 fully saturated rings. The van der Waals surface area contributed by atoms with Gasteiger partial charge in [-0.25, -0.2) is 0 Å². The molecule has 2 heteroatoms. The maximum atomic E-state index is 5.82. The Kier molecular flexibility index (Phi) is 5.03. The lowest BCUT2D eigenvalue weighted by Crippen LogP contribution is -2.34. The molecule has 19 heavy (non-hydrogen) atoms. The molecule has 1 N–H and O–H groups in total. The molecule has 0 radical (unpaired) electrons. The first-order chi connectivity index (χ1) is 9.20. The summed E-state index contributed by atoms with van der Waals surface area (Å²) in [6.07, 6.45) is 5.54. The number of nitrogens with one attached hydrogen (secondary N) is 1. The van der Waals surface area contributed by atoms with Gasteiger partial charge in [0.25, 0.3) is 0 Å². The SMILES string of the molecule is CCNC(Cc1ccc(C)c(C)c1)C1=CCCCO1. The molecular weight excluding hydrogens is 234 g/mol. The van der Waals surface area contributed by atoms with Crippen LogP contribution in [0.25, 0.3) is 0 Å². The molecule has 1 aliphatic rings. The molecule has 1 aromatic carbocycles. The molecule has 0 saturated heterocycles. The van der Waals surface area contributed by atoms with E-state index in [1.807, 2.05) is 0 Å². The Morgan fingerprint density at radius 3 is 2.74 bits per heavy atom. The summed E-state index contributed by atoms with van der Waals surface area (Å²) in [6, 6.07) is 7.05. The van der Waals surface area contributed by atoms with E-state index < -0.39 is 0 Å². The van der Waals surface area contributed by atoms with Crippen LogP contribution in [0.1, 0.15) is 36.5 Å². The Hall–Kier alpha value is -1.28. The Balaban J connectivity index is 2.11. The highest BCUT2D eigenvalue weighted by atomic mass is 16.5. The molecular formula is C17H25NO. The summed E-state index contributed by atoms with van der Waals surface area (Å²) in [5, 5.41) is 3.54. The second kappa shape index (κ2) is 6.76. The molecule has 1 unspecified atom stereocenters. The van der Waals surface area contributed by atoms with Crippen molar-refractivity contribution in [1.82, 2.24) is 5.32 Å². The number of hydrogen-bond donors (Lipinski definition) is 1. The summed E-state index contributed by atoms with van der Waals surface area (Å²) < 4.78 is 5.82. The number of likely N-dealkylation sites (N-methyl/N-ethyl adjacent to an activating group) is 1. The number of hydrogen-bond acceptors (Lipinski definition) is 2. The van der Waals surface area contributed by atoms with E-state index in [4.69, 9.17) is 4.74 Å². The molecule has 1 heterocycles. The van der Waals surface area contributed by atoms with Gasteiger partial charge in [-0.15, -0.1) is 0 Å². The average molecular weight is 259 g/mol. The van der Waals surface area contributed by atoms with Crippen molar-refractivity contribution in [3.63, 3.8) is 0 Å². The Bertz CT molecular complexity index is 451. The molecule has 0 amide bonds. The van der Waals surface area contributed by atoms with Gasteiger partial charge in [-0.3, -0.25) is 0 Å². The lowest BCUT2D eigenvalue weighted by atomic mass is 9.99. The van der Waals surface area contributed by atoms with Crippen LogP contribution in [0.2, 0.25) is 0 Å². The summed E-state index contributed by atoms with van der Waals surface area (Å²) >= 11 is 0. The first-order valence-corrected chi connectivity index (χ1v) is 7.33. The standard InChI is InChI=1S/C17H25NO/c1-4-18-16(17-7-5-6-10-19-17)12-15-9-8-13(2)14(3)11-15/h7-9,11,16,18H,4-6,10,12H2,1-3H3. The summed E-state index contributed by atoms with van der Waals surface area (Å²) in [6.45, 7) is 8.32. The van der Waals surface area contributed by atoms with Gasteiger partial charge in [-0.2, -0.15) is 0 Å². The molecule has 1 aliphatic heterocycles. The molecule has 0 saturated carbocycles. The molecule has 2 rings (SSSR count). The van der Waals surface area contributed by atoms with Crippen LogP contribution in [0, 0.1) is 13.8 Å². The Labute approximate surface area is 116 Å². The van der Waals surface area contributed by atoms with Crippen molar-refractivity contribution in [3.05, 3.63) is 46.7 Å². The Morgan fingerprint density at radius 1 is 1.26 bits per heavy atom. The Morgan fingerprint density at radius 2 is 2.11 bits per heavy atom. The fourth-order valence-corrected chi connectivity index (χ4v) is 2.51. The van der Waals surface area contributed by atoms with Crippen molar-refractivity contribution in [2.75, 3.05) is 13.2 Å². The lowest BCUT2D eigenvalue weighted by Gasteiger charge is -2.24. The third-order valence-corrected chi connectivity index (χ3v) is 3.77. The van der Waals surface area contributed by atoms with E-state index in [2.05, 4.69) is 50.4 Å². The van der Waals surface area contributed by atoms with E-state index in [9.17, 15) is 0 Å². The third-order valence-electron chi connectivity index (χ3n) is 3.77. The van der Waals surface area contributed by atoms with E-state index in [1.54, 1.807) is 0 Å². The second-order valence-corrected chi connectivity index (χ2v) is 5.33. The van der Waals surface area contributed by atoms with Crippen LogP contribution < -0.4 is 5.32 Å². The van der Waals surface area contributed by atoms with E-state index in [0.717, 1.165) is 38.2 Å². The summed E-state index contributed by atoms with van der Waals surface area (Å²) in [4.78, 5) is 0. The van der Waals surface area contributed by atoms with Crippen LogP contribution in [0.3, 0.4) is 0 Å². The maximum absolute atomic E-state index is 5.82. The monoisotopic (exact) mass is 259 g/mol. The summed E-state index contributed by atoms with van der Waals surface area (Å²) in [5.74, 6) is 1.13. The predicted molar refractivity (Wildman–Crippen MR) is 80.4 cm³/mol. The van der Waals surface area contributed by atoms with Crippen LogP contribution >= 0.6 is 0 Å². The quantitative estimate of drug-likeness (QED) is 0.873. The minimum Gasteiger partial charge on any atom is -0.497 e. The number of benzene rings is 1. The van der Waals surface area contributed by atoms with E-state index in [0.29, 0.717) is 6.04 Å². The van der Waals surface area contributed by atoms with Gasteiger partial charge in [0.15, 0.2) is 0 Å². The first-order valence-electron chi connectivity index (χ1n) is 7.33. The topological polar surface area (TPSA) is 21.3 Å². The highest BCUT2D eigenvalue weighted by Crippen LogP contribution is 2.18. The van der Waals surface area contributed by atoms with Gasteiger partial charge >= 0.3 is 0 Å². The second-order valence-electron chi connectivity index (χ2n) is 5.33. The number of rotatable bonds is 5. The third kappa shape index (κ3) is 3.84. The fourth-order valence-electron chi connectivity index (χ4n) is 2.51. The van der Waals surface area contributed by atoms with Gasteiger partial charge in [0, 0.05) is 0 Å². The van der Waals surface area contributed by atoms with Gasteiger partial charge in [-0.05, 0) is 62.4 Å².